The third-order valence-corrected chi connectivity index (χ3v) is 10.2. The van der Waals surface area contributed by atoms with Crippen LogP contribution in [0, 0.1) is 13.8 Å². The fourth-order valence-electron chi connectivity index (χ4n) is 4.13. The van der Waals surface area contributed by atoms with Crippen molar-refractivity contribution in [1.29, 1.82) is 0 Å². The van der Waals surface area contributed by atoms with Gasteiger partial charge in [-0.1, -0.05) is 35.9 Å². The van der Waals surface area contributed by atoms with Gasteiger partial charge < -0.3 is 15.0 Å². The van der Waals surface area contributed by atoms with Gasteiger partial charge in [0, 0.05) is 18.6 Å². The first-order valence-corrected chi connectivity index (χ1v) is 13.9. The van der Waals surface area contributed by atoms with Crippen molar-refractivity contribution in [2.24, 2.45) is 0 Å². The monoisotopic (exact) mass is 480 g/mol. The number of nitrogens with one attached hydrogen (secondary N) is 1. The summed E-state index contributed by atoms with van der Waals surface area (Å²) < 4.78 is 57.4. The van der Waals surface area contributed by atoms with Gasteiger partial charge in [0.05, 0.1) is 23.9 Å². The summed E-state index contributed by atoms with van der Waals surface area (Å²) in [5.74, 6) is -0.384. The first kappa shape index (κ1) is 24.7. The van der Waals surface area contributed by atoms with Crippen LogP contribution < -0.4 is 10.1 Å². The van der Waals surface area contributed by atoms with Gasteiger partial charge >= 0.3 is 0 Å². The zero-order valence-electron chi connectivity index (χ0n) is 19.2. The fraction of sp³-hybridized carbons (Fsp3) is 0.478. The van der Waals surface area contributed by atoms with Crippen LogP contribution in [0.3, 0.4) is 0 Å². The first-order valence-electron chi connectivity index (χ1n) is 10.5. The SMILES string of the molecule is COc1ccc(C)cc1S(=O)(=O)[C@H]1CS(=O)(=O)C[C@@H]1NCC(c1ccc(C)cc1)N(C)C. The van der Waals surface area contributed by atoms with Gasteiger partial charge in [0.25, 0.3) is 0 Å². The molecule has 3 atom stereocenters. The Labute approximate surface area is 191 Å². The van der Waals surface area contributed by atoms with Crippen molar-refractivity contribution in [2.45, 2.75) is 36.1 Å². The molecule has 2 aromatic rings. The van der Waals surface area contributed by atoms with Gasteiger partial charge in [0.1, 0.15) is 10.6 Å². The van der Waals surface area contributed by atoms with Crippen LogP contribution in [0.4, 0.5) is 0 Å². The lowest BCUT2D eigenvalue weighted by atomic mass is 10.0. The van der Waals surface area contributed by atoms with E-state index in [1.807, 2.05) is 50.2 Å². The molecule has 1 aliphatic heterocycles. The maximum Gasteiger partial charge on any atom is 0.187 e. The number of likely N-dealkylation sites (N-methyl/N-ethyl adjacent to an activating group) is 1. The number of hydrogen-bond acceptors (Lipinski definition) is 7. The molecule has 7 nitrogen and oxygen atoms in total. The fourth-order valence-corrected chi connectivity index (χ4v) is 9.09. The number of benzene rings is 2. The normalized spacial score (nSPS) is 21.6. The molecule has 0 saturated carbocycles. The van der Waals surface area contributed by atoms with Crippen molar-refractivity contribution < 1.29 is 21.6 Å². The van der Waals surface area contributed by atoms with Gasteiger partial charge in [-0.15, -0.1) is 0 Å². The number of hydrogen-bond donors (Lipinski definition) is 1. The molecule has 1 N–H and O–H groups in total. The Morgan fingerprint density at radius 2 is 1.69 bits per heavy atom. The van der Waals surface area contributed by atoms with Crippen LogP contribution in [0.15, 0.2) is 47.4 Å². The minimum atomic E-state index is -3.94. The first-order chi connectivity index (χ1) is 14.9. The lowest BCUT2D eigenvalue weighted by Gasteiger charge is -2.28. The van der Waals surface area contributed by atoms with E-state index in [4.69, 9.17) is 4.74 Å². The minimum Gasteiger partial charge on any atom is -0.495 e. The van der Waals surface area contributed by atoms with Crippen LogP contribution in [0.25, 0.3) is 0 Å². The van der Waals surface area contributed by atoms with E-state index in [2.05, 4.69) is 5.32 Å². The number of nitrogens with zero attached hydrogens (tertiary/aromatic N) is 1. The van der Waals surface area contributed by atoms with Crippen LogP contribution in [-0.4, -0.2) is 72.3 Å². The van der Waals surface area contributed by atoms with Gasteiger partial charge in [0.2, 0.25) is 0 Å². The molecule has 1 saturated heterocycles. The summed E-state index contributed by atoms with van der Waals surface area (Å²) in [5.41, 5.74) is 3.00. The number of rotatable bonds is 8. The zero-order valence-corrected chi connectivity index (χ0v) is 20.8. The highest BCUT2D eigenvalue weighted by Crippen LogP contribution is 2.32. The van der Waals surface area contributed by atoms with Crippen molar-refractivity contribution in [3.05, 3.63) is 59.2 Å². The van der Waals surface area contributed by atoms with E-state index < -0.39 is 36.7 Å². The molecule has 9 heteroatoms. The summed E-state index contributed by atoms with van der Waals surface area (Å²) >= 11 is 0. The Morgan fingerprint density at radius 3 is 2.28 bits per heavy atom. The summed E-state index contributed by atoms with van der Waals surface area (Å²) in [6, 6.07) is 12.3. The maximum absolute atomic E-state index is 13.6. The molecule has 0 radical (unpaired) electrons. The van der Waals surface area contributed by atoms with Gasteiger partial charge in [-0.05, 0) is 51.2 Å². The van der Waals surface area contributed by atoms with Gasteiger partial charge in [-0.2, -0.15) is 0 Å². The third-order valence-electron chi connectivity index (χ3n) is 5.98. The average molecular weight is 481 g/mol. The molecule has 1 aliphatic rings. The van der Waals surface area contributed by atoms with Gasteiger partial charge in [-0.25, -0.2) is 16.8 Å². The van der Waals surface area contributed by atoms with E-state index in [9.17, 15) is 16.8 Å². The standard InChI is InChI=1S/C23H32N2O5S2/c1-16-6-9-18(10-7-16)20(25(3)4)13-24-19-14-31(26,27)15-23(19)32(28,29)22-12-17(2)8-11-21(22)30-5/h6-12,19-20,23-24H,13-15H2,1-5H3/t19-,20?,23-/m0/s1. The number of sulfone groups is 2. The summed E-state index contributed by atoms with van der Waals surface area (Å²) in [5, 5.41) is 2.19. The minimum absolute atomic E-state index is 0.0317. The smallest absolute Gasteiger partial charge is 0.187 e. The molecule has 0 amide bonds. The Hall–Kier alpha value is -1.94. The lowest BCUT2D eigenvalue weighted by Crippen LogP contribution is -2.46. The predicted molar refractivity (Wildman–Crippen MR) is 127 cm³/mol. The molecule has 0 spiro atoms. The highest BCUT2D eigenvalue weighted by Gasteiger charge is 2.46. The molecule has 32 heavy (non-hydrogen) atoms. The third kappa shape index (κ3) is 5.33. The summed E-state index contributed by atoms with van der Waals surface area (Å²) in [6.07, 6.45) is 0. The van der Waals surface area contributed by atoms with Crippen LogP contribution in [0.2, 0.25) is 0 Å². The molecule has 1 heterocycles. The second kappa shape index (κ2) is 9.51. The van der Waals surface area contributed by atoms with Crippen molar-refractivity contribution in [3.8, 4) is 5.75 Å². The van der Waals surface area contributed by atoms with Crippen molar-refractivity contribution in [3.63, 3.8) is 0 Å². The number of ether oxygens (including phenoxy) is 1. The quantitative estimate of drug-likeness (QED) is 0.619. The molecule has 1 fully saturated rings. The number of methoxy groups -OCH3 is 1. The van der Waals surface area contributed by atoms with Crippen LogP contribution in [0.1, 0.15) is 22.7 Å². The lowest BCUT2D eigenvalue weighted by molar-refractivity contribution is 0.282. The molecular formula is C23H32N2O5S2. The van der Waals surface area contributed by atoms with E-state index in [0.29, 0.717) is 6.54 Å². The van der Waals surface area contributed by atoms with Gasteiger partial charge in [-0.3, -0.25) is 0 Å². The van der Waals surface area contributed by atoms with E-state index in [-0.39, 0.29) is 22.4 Å². The van der Waals surface area contributed by atoms with E-state index in [1.165, 1.54) is 7.11 Å². The van der Waals surface area contributed by atoms with Gasteiger partial charge in [0.15, 0.2) is 19.7 Å². The molecule has 3 rings (SSSR count). The largest absolute Gasteiger partial charge is 0.495 e. The highest BCUT2D eigenvalue weighted by molar-refractivity contribution is 7.96. The maximum atomic E-state index is 13.6. The van der Waals surface area contributed by atoms with Crippen LogP contribution >= 0.6 is 0 Å². The molecular weight excluding hydrogens is 448 g/mol. The average Bonchev–Trinajstić information content (AvgIpc) is 3.04. The number of aryl methyl sites for hydroxylation is 2. The van der Waals surface area contributed by atoms with E-state index in [0.717, 1.165) is 16.7 Å². The second-order valence-electron chi connectivity index (χ2n) is 8.72. The molecule has 0 bridgehead atoms. The summed E-state index contributed by atoms with van der Waals surface area (Å²) in [6.45, 7) is 4.24. The predicted octanol–water partition coefficient (Wildman–Crippen LogP) is 2.14. The second-order valence-corrected chi connectivity index (χ2v) is 13.0. The zero-order chi connectivity index (χ0) is 23.7. The summed E-state index contributed by atoms with van der Waals surface area (Å²) in [7, 11) is -2.14. The molecule has 2 aromatic carbocycles. The molecule has 0 aromatic heterocycles. The van der Waals surface area contributed by atoms with Crippen LogP contribution in [-0.2, 0) is 19.7 Å². The Balaban J connectivity index is 1.90. The topological polar surface area (TPSA) is 92.8 Å². The molecule has 1 unspecified atom stereocenters. The van der Waals surface area contributed by atoms with Crippen molar-refractivity contribution >= 4 is 19.7 Å². The molecule has 0 aliphatic carbocycles. The van der Waals surface area contributed by atoms with Crippen molar-refractivity contribution in [2.75, 3.05) is 39.3 Å². The van der Waals surface area contributed by atoms with E-state index in [1.54, 1.807) is 25.1 Å². The Morgan fingerprint density at radius 1 is 1.06 bits per heavy atom. The van der Waals surface area contributed by atoms with E-state index >= 15 is 0 Å². The molecule has 176 valence electrons. The van der Waals surface area contributed by atoms with Crippen LogP contribution in [0.5, 0.6) is 5.75 Å². The Kier molecular flexibility index (Phi) is 7.34. The Bertz CT molecular complexity index is 1160. The van der Waals surface area contributed by atoms with Crippen molar-refractivity contribution in [1.82, 2.24) is 10.2 Å². The highest BCUT2D eigenvalue weighted by atomic mass is 32.2. The summed E-state index contributed by atoms with van der Waals surface area (Å²) in [4.78, 5) is 2.07.